The van der Waals surface area contributed by atoms with Crippen molar-refractivity contribution in [3.63, 3.8) is 0 Å². The zero-order chi connectivity index (χ0) is 12.4. The SMILES string of the molecule is CC/C=C(\C)CCCN(CCCC)C(C)=O. The molecule has 1 amide bonds. The van der Waals surface area contributed by atoms with E-state index in [1.807, 2.05) is 4.90 Å². The van der Waals surface area contributed by atoms with E-state index in [-0.39, 0.29) is 5.91 Å². The van der Waals surface area contributed by atoms with Gasteiger partial charge < -0.3 is 4.90 Å². The van der Waals surface area contributed by atoms with Gasteiger partial charge in [0.2, 0.25) is 5.91 Å². The molecule has 0 rings (SSSR count). The number of carbonyl (C=O) groups excluding carboxylic acids is 1. The minimum Gasteiger partial charge on any atom is -0.343 e. The largest absolute Gasteiger partial charge is 0.343 e. The van der Waals surface area contributed by atoms with Gasteiger partial charge in [-0.25, -0.2) is 0 Å². The third-order valence-electron chi connectivity index (χ3n) is 2.78. The second-order valence-corrected chi connectivity index (χ2v) is 4.42. The first-order valence-electron chi connectivity index (χ1n) is 6.52. The van der Waals surface area contributed by atoms with Crippen molar-refractivity contribution in [1.82, 2.24) is 4.90 Å². The molecule has 0 unspecified atom stereocenters. The molecule has 0 bridgehead atoms. The molecule has 0 atom stereocenters. The van der Waals surface area contributed by atoms with Gasteiger partial charge in [-0.2, -0.15) is 0 Å². The highest BCUT2D eigenvalue weighted by molar-refractivity contribution is 5.73. The van der Waals surface area contributed by atoms with Crippen molar-refractivity contribution in [2.75, 3.05) is 13.1 Å². The Labute approximate surface area is 101 Å². The summed E-state index contributed by atoms with van der Waals surface area (Å²) in [6.45, 7) is 9.99. The maximum absolute atomic E-state index is 11.4. The number of rotatable bonds is 8. The van der Waals surface area contributed by atoms with Crippen LogP contribution >= 0.6 is 0 Å². The van der Waals surface area contributed by atoms with Crippen molar-refractivity contribution in [3.05, 3.63) is 11.6 Å². The van der Waals surface area contributed by atoms with E-state index in [0.717, 1.165) is 45.2 Å². The van der Waals surface area contributed by atoms with Crippen LogP contribution in [0.3, 0.4) is 0 Å². The van der Waals surface area contributed by atoms with Gasteiger partial charge in [0.15, 0.2) is 0 Å². The smallest absolute Gasteiger partial charge is 0.219 e. The molecule has 0 aromatic carbocycles. The van der Waals surface area contributed by atoms with Crippen molar-refractivity contribution in [2.45, 2.75) is 59.8 Å². The van der Waals surface area contributed by atoms with Gasteiger partial charge in [0.05, 0.1) is 0 Å². The Balaban J connectivity index is 3.84. The third-order valence-corrected chi connectivity index (χ3v) is 2.78. The molecule has 2 nitrogen and oxygen atoms in total. The van der Waals surface area contributed by atoms with Crippen LogP contribution < -0.4 is 0 Å². The lowest BCUT2D eigenvalue weighted by Crippen LogP contribution is -2.30. The van der Waals surface area contributed by atoms with Gasteiger partial charge in [0, 0.05) is 20.0 Å². The molecule has 0 aromatic heterocycles. The predicted octanol–water partition coefficient (Wildman–Crippen LogP) is 3.77. The van der Waals surface area contributed by atoms with Crippen molar-refractivity contribution < 1.29 is 4.79 Å². The number of amides is 1. The van der Waals surface area contributed by atoms with Crippen molar-refractivity contribution in [2.24, 2.45) is 0 Å². The van der Waals surface area contributed by atoms with Crippen LogP contribution in [0.25, 0.3) is 0 Å². The summed E-state index contributed by atoms with van der Waals surface area (Å²) in [4.78, 5) is 13.3. The fourth-order valence-electron chi connectivity index (χ4n) is 1.77. The van der Waals surface area contributed by atoms with Crippen LogP contribution in [-0.4, -0.2) is 23.9 Å². The Bertz CT molecular complexity index is 221. The molecule has 0 N–H and O–H groups in total. The monoisotopic (exact) mass is 225 g/mol. The second-order valence-electron chi connectivity index (χ2n) is 4.42. The Kier molecular flexibility index (Phi) is 8.97. The van der Waals surface area contributed by atoms with Crippen LogP contribution in [-0.2, 0) is 4.79 Å². The molecule has 0 aromatic rings. The number of hydrogen-bond acceptors (Lipinski definition) is 1. The average molecular weight is 225 g/mol. The minimum atomic E-state index is 0.213. The summed E-state index contributed by atoms with van der Waals surface area (Å²) in [5.41, 5.74) is 1.45. The molecule has 16 heavy (non-hydrogen) atoms. The fourth-order valence-corrected chi connectivity index (χ4v) is 1.77. The molecular formula is C14H27NO. The first-order chi connectivity index (χ1) is 7.61. The topological polar surface area (TPSA) is 20.3 Å². The van der Waals surface area contributed by atoms with Gasteiger partial charge in [0.25, 0.3) is 0 Å². The van der Waals surface area contributed by atoms with E-state index >= 15 is 0 Å². The lowest BCUT2D eigenvalue weighted by atomic mass is 10.1. The molecule has 0 aliphatic carbocycles. The molecule has 94 valence electrons. The molecule has 0 heterocycles. The highest BCUT2D eigenvalue weighted by Crippen LogP contribution is 2.07. The highest BCUT2D eigenvalue weighted by Gasteiger charge is 2.06. The highest BCUT2D eigenvalue weighted by atomic mass is 16.2. The van der Waals surface area contributed by atoms with Crippen LogP contribution in [0.4, 0.5) is 0 Å². The van der Waals surface area contributed by atoms with Crippen LogP contribution in [0.5, 0.6) is 0 Å². The molecular weight excluding hydrogens is 198 g/mol. The summed E-state index contributed by atoms with van der Waals surface area (Å²) in [5, 5.41) is 0. The van der Waals surface area contributed by atoms with E-state index in [2.05, 4.69) is 26.8 Å². The van der Waals surface area contributed by atoms with Gasteiger partial charge in [-0.1, -0.05) is 31.9 Å². The number of allylic oxidation sites excluding steroid dienone is 2. The van der Waals surface area contributed by atoms with Crippen molar-refractivity contribution >= 4 is 5.91 Å². The lowest BCUT2D eigenvalue weighted by Gasteiger charge is -2.20. The number of nitrogens with zero attached hydrogens (tertiary/aromatic N) is 1. The van der Waals surface area contributed by atoms with Crippen LogP contribution in [0, 0.1) is 0 Å². The van der Waals surface area contributed by atoms with Gasteiger partial charge in [-0.05, 0) is 32.6 Å². The quantitative estimate of drug-likeness (QED) is 0.576. The van der Waals surface area contributed by atoms with E-state index in [1.165, 1.54) is 5.57 Å². The molecule has 0 saturated carbocycles. The van der Waals surface area contributed by atoms with Crippen molar-refractivity contribution in [3.8, 4) is 0 Å². The molecule has 0 saturated heterocycles. The van der Waals surface area contributed by atoms with Gasteiger partial charge in [0.1, 0.15) is 0 Å². The summed E-state index contributed by atoms with van der Waals surface area (Å²) >= 11 is 0. The molecule has 0 aliphatic rings. The van der Waals surface area contributed by atoms with E-state index in [0.29, 0.717) is 0 Å². The van der Waals surface area contributed by atoms with Gasteiger partial charge in [-0.3, -0.25) is 4.79 Å². The number of hydrogen-bond donors (Lipinski definition) is 0. The summed E-state index contributed by atoms with van der Waals surface area (Å²) in [6.07, 6.45) is 7.85. The van der Waals surface area contributed by atoms with E-state index < -0.39 is 0 Å². The molecule has 0 fully saturated rings. The second kappa shape index (κ2) is 9.44. The summed E-state index contributed by atoms with van der Waals surface area (Å²) in [6, 6.07) is 0. The maximum atomic E-state index is 11.4. The molecule has 0 aliphatic heterocycles. The zero-order valence-corrected chi connectivity index (χ0v) is 11.4. The predicted molar refractivity (Wildman–Crippen MR) is 70.4 cm³/mol. The summed E-state index contributed by atoms with van der Waals surface area (Å²) < 4.78 is 0. The van der Waals surface area contributed by atoms with E-state index in [9.17, 15) is 4.79 Å². The van der Waals surface area contributed by atoms with Crippen molar-refractivity contribution in [1.29, 1.82) is 0 Å². The van der Waals surface area contributed by atoms with Crippen LogP contribution in [0.1, 0.15) is 59.8 Å². The fraction of sp³-hybridized carbons (Fsp3) is 0.786. The molecule has 0 spiro atoms. The van der Waals surface area contributed by atoms with E-state index in [4.69, 9.17) is 0 Å². The Hall–Kier alpha value is -0.790. The average Bonchev–Trinajstić information content (AvgIpc) is 2.23. The van der Waals surface area contributed by atoms with Crippen LogP contribution in [0.15, 0.2) is 11.6 Å². The standard InChI is InChI=1S/C14H27NO/c1-5-7-11-15(14(4)16)12-8-10-13(3)9-6-2/h9H,5-8,10-12H2,1-4H3/b13-9+. The number of unbranched alkanes of at least 4 members (excludes halogenated alkanes) is 1. The maximum Gasteiger partial charge on any atom is 0.219 e. The van der Waals surface area contributed by atoms with Gasteiger partial charge >= 0.3 is 0 Å². The summed E-state index contributed by atoms with van der Waals surface area (Å²) in [5.74, 6) is 0.213. The number of carbonyl (C=O) groups is 1. The summed E-state index contributed by atoms with van der Waals surface area (Å²) in [7, 11) is 0. The first-order valence-corrected chi connectivity index (χ1v) is 6.52. The van der Waals surface area contributed by atoms with Crippen LogP contribution in [0.2, 0.25) is 0 Å². The Morgan fingerprint density at radius 1 is 1.12 bits per heavy atom. The Morgan fingerprint density at radius 2 is 1.75 bits per heavy atom. The normalized spacial score (nSPS) is 11.6. The van der Waals surface area contributed by atoms with Gasteiger partial charge in [-0.15, -0.1) is 0 Å². The van der Waals surface area contributed by atoms with E-state index in [1.54, 1.807) is 6.92 Å². The minimum absolute atomic E-state index is 0.213. The molecule has 2 heteroatoms. The Morgan fingerprint density at radius 3 is 2.25 bits per heavy atom. The first kappa shape index (κ1) is 15.2. The lowest BCUT2D eigenvalue weighted by molar-refractivity contribution is -0.129. The zero-order valence-electron chi connectivity index (χ0n) is 11.4. The third kappa shape index (κ3) is 7.49. The molecule has 0 radical (unpaired) electrons.